The number of H-pyrrole nitrogens is 1. The summed E-state index contributed by atoms with van der Waals surface area (Å²) in [6.45, 7) is 4.47. The van der Waals surface area contributed by atoms with E-state index in [9.17, 15) is 9.59 Å². The molecule has 162 valence electrons. The number of aryl methyl sites for hydroxylation is 1. The summed E-state index contributed by atoms with van der Waals surface area (Å²) in [5.41, 5.74) is 2.96. The van der Waals surface area contributed by atoms with Crippen molar-refractivity contribution in [2.24, 2.45) is 0 Å². The molecule has 1 fully saturated rings. The Balaban J connectivity index is 1.60. The topological polar surface area (TPSA) is 65.2 Å². The number of amides is 2. The van der Waals surface area contributed by atoms with Crippen molar-refractivity contribution in [3.8, 4) is 0 Å². The molecule has 0 aliphatic heterocycles. The van der Waals surface area contributed by atoms with Crippen LogP contribution in [0.4, 0.5) is 5.69 Å². The quantitative estimate of drug-likeness (QED) is 0.578. The molecule has 1 aromatic heterocycles. The zero-order chi connectivity index (χ0) is 21.8. The van der Waals surface area contributed by atoms with Crippen molar-refractivity contribution in [2.75, 3.05) is 11.9 Å². The molecule has 0 saturated heterocycles. The van der Waals surface area contributed by atoms with Crippen molar-refractivity contribution >= 4 is 28.4 Å². The number of aromatic nitrogens is 1. The van der Waals surface area contributed by atoms with E-state index in [1.165, 1.54) is 0 Å². The first kappa shape index (κ1) is 21.2. The van der Waals surface area contributed by atoms with Gasteiger partial charge >= 0.3 is 0 Å². The maximum Gasteiger partial charge on any atom is 0.250 e. The van der Waals surface area contributed by atoms with Crippen molar-refractivity contribution in [3.05, 3.63) is 65.9 Å². The summed E-state index contributed by atoms with van der Waals surface area (Å²) >= 11 is 0. The lowest BCUT2D eigenvalue weighted by Gasteiger charge is -2.44. The average molecular weight is 418 g/mol. The molecular weight excluding hydrogens is 386 g/mol. The van der Waals surface area contributed by atoms with E-state index in [0.29, 0.717) is 19.4 Å². The molecule has 3 aromatic rings. The number of rotatable bonds is 6. The van der Waals surface area contributed by atoms with Crippen LogP contribution in [0.2, 0.25) is 0 Å². The number of hydrogen-bond donors (Lipinski definition) is 2. The number of aromatic amines is 1. The molecule has 5 nitrogen and oxygen atoms in total. The number of hydrogen-bond acceptors (Lipinski definition) is 2. The molecule has 1 heterocycles. The van der Waals surface area contributed by atoms with E-state index in [1.807, 2.05) is 73.3 Å². The zero-order valence-corrected chi connectivity index (χ0v) is 18.4. The number of para-hydroxylation sites is 2. The van der Waals surface area contributed by atoms with Gasteiger partial charge in [0.2, 0.25) is 11.8 Å². The van der Waals surface area contributed by atoms with E-state index in [0.717, 1.165) is 47.1 Å². The minimum atomic E-state index is -0.793. The maximum absolute atomic E-state index is 13.6. The van der Waals surface area contributed by atoms with Crippen LogP contribution in [0.15, 0.2) is 54.6 Å². The Bertz CT molecular complexity index is 1050. The number of nitrogens with one attached hydrogen (secondary N) is 2. The second-order valence-electron chi connectivity index (χ2n) is 8.56. The van der Waals surface area contributed by atoms with E-state index < -0.39 is 5.54 Å². The molecule has 0 bridgehead atoms. The van der Waals surface area contributed by atoms with Crippen LogP contribution in [0.5, 0.6) is 0 Å². The van der Waals surface area contributed by atoms with Crippen LogP contribution in [0.25, 0.3) is 10.9 Å². The molecule has 2 aromatic carbocycles. The summed E-state index contributed by atoms with van der Waals surface area (Å²) in [5.74, 6) is -0.0655. The highest BCUT2D eigenvalue weighted by molar-refractivity contribution is 6.01. The molecule has 0 spiro atoms. The van der Waals surface area contributed by atoms with E-state index in [2.05, 4.69) is 10.3 Å². The van der Waals surface area contributed by atoms with Gasteiger partial charge in [0.05, 0.1) is 6.42 Å². The second-order valence-corrected chi connectivity index (χ2v) is 8.56. The largest absolute Gasteiger partial charge is 0.358 e. The first-order chi connectivity index (χ1) is 15.0. The van der Waals surface area contributed by atoms with Gasteiger partial charge in [-0.05, 0) is 55.8 Å². The second kappa shape index (κ2) is 8.96. The highest BCUT2D eigenvalue weighted by Crippen LogP contribution is 2.36. The fraction of sp³-hybridized carbons (Fsp3) is 0.385. The molecular formula is C26H31N3O2. The Morgan fingerprint density at radius 1 is 1.03 bits per heavy atom. The van der Waals surface area contributed by atoms with Gasteiger partial charge in [0, 0.05) is 23.4 Å². The molecule has 0 radical (unpaired) electrons. The van der Waals surface area contributed by atoms with Crippen LogP contribution in [0.3, 0.4) is 0 Å². The van der Waals surface area contributed by atoms with Gasteiger partial charge in [-0.1, -0.05) is 55.7 Å². The third-order valence-electron chi connectivity index (χ3n) is 6.56. The number of nitrogens with zero attached hydrogens (tertiary/aromatic N) is 1. The molecule has 31 heavy (non-hydrogen) atoms. The molecule has 0 atom stereocenters. The van der Waals surface area contributed by atoms with Gasteiger partial charge in [0.1, 0.15) is 5.54 Å². The number of likely N-dealkylation sites (N-methyl/N-ethyl adjacent to an activating group) is 1. The lowest BCUT2D eigenvalue weighted by Crippen LogP contribution is -2.60. The summed E-state index contributed by atoms with van der Waals surface area (Å²) in [6, 6.07) is 17.9. The highest BCUT2D eigenvalue weighted by Gasteiger charge is 2.46. The predicted octanol–water partition coefficient (Wildman–Crippen LogP) is 5.21. The van der Waals surface area contributed by atoms with E-state index in [4.69, 9.17) is 0 Å². The van der Waals surface area contributed by atoms with Crippen LogP contribution >= 0.6 is 0 Å². The summed E-state index contributed by atoms with van der Waals surface area (Å²) in [7, 11) is 0. The van der Waals surface area contributed by atoms with Crippen molar-refractivity contribution < 1.29 is 9.59 Å². The van der Waals surface area contributed by atoms with Gasteiger partial charge in [-0.3, -0.25) is 9.59 Å². The van der Waals surface area contributed by atoms with Crippen molar-refractivity contribution in [1.29, 1.82) is 0 Å². The maximum atomic E-state index is 13.6. The lowest BCUT2D eigenvalue weighted by molar-refractivity contribution is -0.147. The van der Waals surface area contributed by atoms with E-state index >= 15 is 0 Å². The molecule has 5 heteroatoms. The number of carbonyl (C=O) groups excluding carboxylic acids is 2. The Morgan fingerprint density at radius 2 is 1.74 bits per heavy atom. The standard InChI is InChI=1S/C26H31N3O2/c1-3-29(24(30)18-21-17-20-12-6-8-14-23(20)27-21)26(15-9-4-10-16-26)25(31)28-22-13-7-5-11-19(22)2/h5-8,11-14,17,27H,3-4,9-10,15-16,18H2,1-2H3,(H,28,31). The number of anilines is 1. The molecule has 2 N–H and O–H groups in total. The fourth-order valence-electron chi connectivity index (χ4n) is 4.91. The van der Waals surface area contributed by atoms with Crippen LogP contribution < -0.4 is 5.32 Å². The van der Waals surface area contributed by atoms with E-state index in [-0.39, 0.29) is 18.2 Å². The number of carbonyl (C=O) groups is 2. The molecule has 1 aliphatic rings. The van der Waals surface area contributed by atoms with Crippen LogP contribution in [0, 0.1) is 6.92 Å². The molecule has 1 aliphatic carbocycles. The highest BCUT2D eigenvalue weighted by atomic mass is 16.2. The van der Waals surface area contributed by atoms with Crippen LogP contribution in [-0.4, -0.2) is 33.8 Å². The lowest BCUT2D eigenvalue weighted by atomic mass is 9.79. The first-order valence-electron chi connectivity index (χ1n) is 11.3. The third-order valence-corrected chi connectivity index (χ3v) is 6.56. The molecule has 4 rings (SSSR count). The van der Waals surface area contributed by atoms with Gasteiger partial charge in [-0.15, -0.1) is 0 Å². The molecule has 2 amide bonds. The minimum Gasteiger partial charge on any atom is -0.358 e. The Hall–Kier alpha value is -3.08. The summed E-state index contributed by atoms with van der Waals surface area (Å²) in [4.78, 5) is 32.3. The minimum absolute atomic E-state index is 0.00381. The van der Waals surface area contributed by atoms with E-state index in [1.54, 1.807) is 0 Å². The van der Waals surface area contributed by atoms with Gasteiger partial charge < -0.3 is 15.2 Å². The van der Waals surface area contributed by atoms with Crippen LogP contribution in [0.1, 0.15) is 50.3 Å². The average Bonchev–Trinajstić information content (AvgIpc) is 3.18. The Labute approximate surface area is 183 Å². The van der Waals surface area contributed by atoms with Crippen molar-refractivity contribution in [3.63, 3.8) is 0 Å². The summed E-state index contributed by atoms with van der Waals surface area (Å²) < 4.78 is 0. The normalized spacial score (nSPS) is 15.5. The smallest absolute Gasteiger partial charge is 0.250 e. The first-order valence-corrected chi connectivity index (χ1v) is 11.3. The van der Waals surface area contributed by atoms with Gasteiger partial charge in [-0.2, -0.15) is 0 Å². The zero-order valence-electron chi connectivity index (χ0n) is 18.4. The van der Waals surface area contributed by atoms with Crippen LogP contribution in [-0.2, 0) is 16.0 Å². The van der Waals surface area contributed by atoms with Crippen molar-refractivity contribution in [1.82, 2.24) is 9.88 Å². The fourth-order valence-corrected chi connectivity index (χ4v) is 4.91. The Kier molecular flexibility index (Phi) is 6.12. The Morgan fingerprint density at radius 3 is 2.45 bits per heavy atom. The number of fused-ring (bicyclic) bond motifs is 1. The number of benzene rings is 2. The monoisotopic (exact) mass is 417 g/mol. The van der Waals surface area contributed by atoms with Gasteiger partial charge in [-0.25, -0.2) is 0 Å². The van der Waals surface area contributed by atoms with Crippen molar-refractivity contribution in [2.45, 2.75) is 57.9 Å². The predicted molar refractivity (Wildman–Crippen MR) is 125 cm³/mol. The summed E-state index contributed by atoms with van der Waals surface area (Å²) in [6.07, 6.45) is 4.69. The van der Waals surface area contributed by atoms with Gasteiger partial charge in [0.15, 0.2) is 0 Å². The van der Waals surface area contributed by atoms with Gasteiger partial charge in [0.25, 0.3) is 0 Å². The third kappa shape index (κ3) is 4.22. The summed E-state index contributed by atoms with van der Waals surface area (Å²) in [5, 5.41) is 4.23. The molecule has 1 saturated carbocycles. The SMILES string of the molecule is CCN(C(=O)Cc1cc2ccccc2[nH]1)C1(C(=O)Nc2ccccc2C)CCCCC1. The molecule has 0 unspecified atom stereocenters.